The van der Waals surface area contributed by atoms with E-state index in [9.17, 15) is 9.59 Å². The molecular formula is C18H32N4O2. The molecule has 0 aliphatic carbocycles. The van der Waals surface area contributed by atoms with Crippen LogP contribution in [0.4, 0.5) is 0 Å². The number of likely N-dealkylation sites (tertiary alicyclic amines) is 2. The smallest absolute Gasteiger partial charge is 0.236 e. The number of carbonyl (C=O) groups excluding carboxylic acids is 2. The van der Waals surface area contributed by atoms with Crippen molar-refractivity contribution in [2.24, 2.45) is 0 Å². The van der Waals surface area contributed by atoms with Crippen molar-refractivity contribution in [2.75, 3.05) is 65.4 Å². The quantitative estimate of drug-likeness (QED) is 0.755. The Morgan fingerprint density at radius 2 is 0.833 bits per heavy atom. The van der Waals surface area contributed by atoms with E-state index in [-0.39, 0.29) is 11.8 Å². The van der Waals surface area contributed by atoms with Crippen LogP contribution in [0, 0.1) is 0 Å². The highest BCUT2D eigenvalue weighted by Gasteiger charge is 2.25. The summed E-state index contributed by atoms with van der Waals surface area (Å²) in [6.45, 7) is 8.42. The van der Waals surface area contributed by atoms with Crippen LogP contribution < -0.4 is 0 Å². The van der Waals surface area contributed by atoms with Gasteiger partial charge in [0.25, 0.3) is 0 Å². The van der Waals surface area contributed by atoms with E-state index in [1.165, 1.54) is 12.8 Å². The third kappa shape index (κ3) is 4.93. The normalized spacial score (nSPS) is 24.2. The minimum absolute atomic E-state index is 0.285. The molecule has 0 spiro atoms. The van der Waals surface area contributed by atoms with Crippen molar-refractivity contribution in [3.05, 3.63) is 0 Å². The first-order chi connectivity index (χ1) is 11.7. The predicted molar refractivity (Wildman–Crippen MR) is 93.7 cm³/mol. The maximum Gasteiger partial charge on any atom is 0.236 e. The molecule has 2 amide bonds. The van der Waals surface area contributed by atoms with E-state index in [1.807, 2.05) is 9.80 Å². The van der Waals surface area contributed by atoms with Gasteiger partial charge in [-0.1, -0.05) is 0 Å². The molecule has 0 N–H and O–H groups in total. The van der Waals surface area contributed by atoms with Crippen molar-refractivity contribution in [3.63, 3.8) is 0 Å². The zero-order valence-corrected chi connectivity index (χ0v) is 14.9. The molecule has 3 fully saturated rings. The lowest BCUT2D eigenvalue weighted by Gasteiger charge is -2.37. The van der Waals surface area contributed by atoms with Crippen molar-refractivity contribution in [2.45, 2.75) is 38.5 Å². The van der Waals surface area contributed by atoms with Crippen LogP contribution in [0.15, 0.2) is 0 Å². The van der Waals surface area contributed by atoms with E-state index in [0.29, 0.717) is 13.1 Å². The van der Waals surface area contributed by atoms with Gasteiger partial charge in [0.2, 0.25) is 11.8 Å². The number of hydrogen-bond acceptors (Lipinski definition) is 4. The highest BCUT2D eigenvalue weighted by molar-refractivity contribution is 5.79. The molecule has 3 saturated heterocycles. The molecule has 0 unspecified atom stereocenters. The number of nitrogens with zero attached hydrogens (tertiary/aromatic N) is 4. The summed E-state index contributed by atoms with van der Waals surface area (Å²) in [6.07, 6.45) is 7.12. The first-order valence-corrected chi connectivity index (χ1v) is 9.72. The summed E-state index contributed by atoms with van der Waals surface area (Å²) in [6, 6.07) is 0. The van der Waals surface area contributed by atoms with Gasteiger partial charge in [-0.2, -0.15) is 0 Å². The van der Waals surface area contributed by atoms with E-state index < -0.39 is 0 Å². The Balaban J connectivity index is 1.36. The van der Waals surface area contributed by atoms with Crippen LogP contribution in [0.3, 0.4) is 0 Å². The minimum atomic E-state index is 0.285. The summed E-state index contributed by atoms with van der Waals surface area (Å²) in [7, 11) is 0. The summed E-state index contributed by atoms with van der Waals surface area (Å²) in [5, 5.41) is 0. The Morgan fingerprint density at radius 3 is 1.17 bits per heavy atom. The van der Waals surface area contributed by atoms with Gasteiger partial charge >= 0.3 is 0 Å². The second-order valence-electron chi connectivity index (χ2n) is 7.44. The largest absolute Gasteiger partial charge is 0.342 e. The number of hydrogen-bond donors (Lipinski definition) is 0. The fourth-order valence-electron chi connectivity index (χ4n) is 3.97. The lowest BCUT2D eigenvalue weighted by atomic mass is 10.1. The van der Waals surface area contributed by atoms with E-state index in [2.05, 4.69) is 9.80 Å². The van der Waals surface area contributed by atoms with Crippen LogP contribution in [-0.4, -0.2) is 96.9 Å². The fourth-order valence-corrected chi connectivity index (χ4v) is 3.97. The maximum absolute atomic E-state index is 12.3. The second kappa shape index (κ2) is 8.81. The summed E-state index contributed by atoms with van der Waals surface area (Å²) in [4.78, 5) is 33.2. The first kappa shape index (κ1) is 17.7. The second-order valence-corrected chi connectivity index (χ2v) is 7.44. The van der Waals surface area contributed by atoms with E-state index in [0.717, 1.165) is 78.0 Å². The van der Waals surface area contributed by atoms with Gasteiger partial charge < -0.3 is 9.80 Å². The topological polar surface area (TPSA) is 47.1 Å². The number of piperazine rings is 1. The Kier molecular flexibility index (Phi) is 6.49. The summed E-state index contributed by atoms with van der Waals surface area (Å²) in [5.41, 5.74) is 0. The zero-order valence-electron chi connectivity index (χ0n) is 14.9. The van der Waals surface area contributed by atoms with Gasteiger partial charge in [0.1, 0.15) is 0 Å². The molecule has 0 aromatic heterocycles. The molecule has 3 aliphatic heterocycles. The molecule has 24 heavy (non-hydrogen) atoms. The van der Waals surface area contributed by atoms with Crippen molar-refractivity contribution in [1.29, 1.82) is 0 Å². The molecule has 3 aliphatic rings. The number of rotatable bonds is 4. The zero-order chi connectivity index (χ0) is 16.8. The van der Waals surface area contributed by atoms with Crippen molar-refractivity contribution < 1.29 is 9.59 Å². The van der Waals surface area contributed by atoms with E-state index in [1.54, 1.807) is 0 Å². The Hall–Kier alpha value is -1.14. The highest BCUT2D eigenvalue weighted by atomic mass is 16.2. The lowest BCUT2D eigenvalue weighted by Crippen LogP contribution is -2.53. The number of piperidine rings is 2. The number of amides is 2. The number of carbonyl (C=O) groups is 2. The van der Waals surface area contributed by atoms with E-state index >= 15 is 0 Å². The van der Waals surface area contributed by atoms with Gasteiger partial charge in [-0.05, 0) is 38.5 Å². The molecule has 0 radical (unpaired) electrons. The SMILES string of the molecule is O=C(CN1CCN(CC(=O)N2CCCCC2)CC1)N1CCCCC1. The third-order valence-corrected chi connectivity index (χ3v) is 5.60. The lowest BCUT2D eigenvalue weighted by molar-refractivity contribution is -0.136. The van der Waals surface area contributed by atoms with Gasteiger partial charge in [-0.25, -0.2) is 0 Å². The molecule has 136 valence electrons. The minimum Gasteiger partial charge on any atom is -0.342 e. The highest BCUT2D eigenvalue weighted by Crippen LogP contribution is 2.12. The third-order valence-electron chi connectivity index (χ3n) is 5.60. The van der Waals surface area contributed by atoms with Crippen LogP contribution in [0.5, 0.6) is 0 Å². The van der Waals surface area contributed by atoms with E-state index in [4.69, 9.17) is 0 Å². The molecular weight excluding hydrogens is 304 g/mol. The summed E-state index contributed by atoms with van der Waals surface area (Å²) in [5.74, 6) is 0.570. The van der Waals surface area contributed by atoms with Gasteiger partial charge in [-0.3, -0.25) is 19.4 Å². The van der Waals surface area contributed by atoms with Crippen LogP contribution in [-0.2, 0) is 9.59 Å². The van der Waals surface area contributed by atoms with Crippen LogP contribution in [0.2, 0.25) is 0 Å². The first-order valence-electron chi connectivity index (χ1n) is 9.72. The molecule has 0 bridgehead atoms. The van der Waals surface area contributed by atoms with Gasteiger partial charge in [-0.15, -0.1) is 0 Å². The Labute approximate surface area is 145 Å². The van der Waals surface area contributed by atoms with Crippen LogP contribution in [0.25, 0.3) is 0 Å². The fraction of sp³-hybridized carbons (Fsp3) is 0.889. The van der Waals surface area contributed by atoms with Crippen molar-refractivity contribution >= 4 is 11.8 Å². The molecule has 0 atom stereocenters. The standard InChI is InChI=1S/C18H32N4O2/c23-17(21-7-3-1-4-8-21)15-19-11-13-20(14-12-19)16-18(24)22-9-5-2-6-10-22/h1-16H2. The van der Waals surface area contributed by atoms with Crippen molar-refractivity contribution in [3.8, 4) is 0 Å². The summed E-state index contributed by atoms with van der Waals surface area (Å²) >= 11 is 0. The van der Waals surface area contributed by atoms with Gasteiger partial charge in [0.05, 0.1) is 13.1 Å². The van der Waals surface area contributed by atoms with Crippen LogP contribution >= 0.6 is 0 Å². The summed E-state index contributed by atoms with van der Waals surface area (Å²) < 4.78 is 0. The molecule has 6 heteroatoms. The van der Waals surface area contributed by atoms with Crippen molar-refractivity contribution in [1.82, 2.24) is 19.6 Å². The molecule has 3 heterocycles. The molecule has 6 nitrogen and oxygen atoms in total. The monoisotopic (exact) mass is 336 g/mol. The molecule has 0 aromatic carbocycles. The predicted octanol–water partition coefficient (Wildman–Crippen LogP) is 0.629. The van der Waals surface area contributed by atoms with Crippen LogP contribution in [0.1, 0.15) is 38.5 Å². The van der Waals surface area contributed by atoms with Gasteiger partial charge in [0, 0.05) is 52.4 Å². The average molecular weight is 336 g/mol. The Morgan fingerprint density at radius 1 is 0.500 bits per heavy atom. The molecule has 0 saturated carbocycles. The Bertz CT molecular complexity index is 383. The molecule has 0 aromatic rings. The average Bonchev–Trinajstić information content (AvgIpc) is 2.65. The molecule has 3 rings (SSSR count). The maximum atomic E-state index is 12.3. The van der Waals surface area contributed by atoms with Gasteiger partial charge in [0.15, 0.2) is 0 Å².